The second-order valence-electron chi connectivity index (χ2n) is 0.923. The molecule has 7 heavy (non-hydrogen) atoms. The molecule has 0 aromatic carbocycles. The second kappa shape index (κ2) is 1.96. The Morgan fingerprint density at radius 2 is 2.29 bits per heavy atom. The molecule has 0 aliphatic rings. The van der Waals surface area contributed by atoms with Gasteiger partial charge >= 0.3 is 0 Å². The third kappa shape index (κ3) is 1.28. The minimum absolute atomic E-state index is 0.499. The smallest absolute Gasteiger partial charge is 0.265 e. The Bertz CT molecular complexity index is 145. The zero-order chi connectivity index (χ0) is 5.28. The first-order valence-corrected chi connectivity index (χ1v) is 3.14. The number of aromatic nitrogens is 1. The zero-order valence-electron chi connectivity index (χ0n) is 3.19. The van der Waals surface area contributed by atoms with Gasteiger partial charge in [0.1, 0.15) is 10.9 Å². The first-order valence-electron chi connectivity index (χ1n) is 1.55. The van der Waals surface area contributed by atoms with Crippen molar-refractivity contribution in [2.24, 2.45) is 0 Å². The molecule has 0 aliphatic heterocycles. The normalized spacial score (nSPS) is 9.43. The van der Waals surface area contributed by atoms with Crippen LogP contribution in [0.1, 0.15) is 0 Å². The van der Waals surface area contributed by atoms with Crippen LogP contribution < -0.4 is 0 Å². The second-order valence-corrected chi connectivity index (χ2v) is 2.41. The van der Waals surface area contributed by atoms with E-state index in [2.05, 4.69) is 36.8 Å². The fraction of sp³-hybridized carbons (Fsp3) is 0. The highest BCUT2D eigenvalue weighted by Crippen LogP contribution is 2.12. The van der Waals surface area contributed by atoms with Gasteiger partial charge in [-0.05, 0) is 15.9 Å². The van der Waals surface area contributed by atoms with Crippen LogP contribution in [0.3, 0.4) is 0 Å². The van der Waals surface area contributed by atoms with E-state index in [-0.39, 0.29) is 0 Å². The SMILES string of the molecule is Brc1coc(Br)n1. The monoisotopic (exact) mass is 225 g/mol. The first kappa shape index (κ1) is 5.31. The summed E-state index contributed by atoms with van der Waals surface area (Å²) in [5.74, 6) is 0. The van der Waals surface area contributed by atoms with Crippen molar-refractivity contribution in [3.8, 4) is 0 Å². The number of nitrogens with zero attached hydrogens (tertiary/aromatic N) is 1. The van der Waals surface area contributed by atoms with E-state index in [1.165, 1.54) is 6.26 Å². The molecule has 0 fully saturated rings. The van der Waals surface area contributed by atoms with Gasteiger partial charge < -0.3 is 4.42 Å². The van der Waals surface area contributed by atoms with Crippen LogP contribution in [0.25, 0.3) is 0 Å². The molecule has 4 heteroatoms. The largest absolute Gasteiger partial charge is 0.438 e. The zero-order valence-corrected chi connectivity index (χ0v) is 6.36. The standard InChI is InChI=1S/C3HBr2NO/c4-2-1-7-3(5)6-2/h1H. The van der Waals surface area contributed by atoms with E-state index in [0.717, 1.165) is 0 Å². The molecule has 0 aliphatic carbocycles. The highest BCUT2D eigenvalue weighted by molar-refractivity contribution is 9.11. The minimum Gasteiger partial charge on any atom is -0.438 e. The summed E-state index contributed by atoms with van der Waals surface area (Å²) in [5, 5.41) is 0. The molecule has 38 valence electrons. The lowest BCUT2D eigenvalue weighted by Gasteiger charge is -1.65. The average molecular weight is 227 g/mol. The molecule has 0 atom stereocenters. The maximum Gasteiger partial charge on any atom is 0.265 e. The van der Waals surface area contributed by atoms with Gasteiger partial charge in [-0.15, -0.1) is 0 Å². The molecule has 1 aromatic heterocycles. The molecule has 2 nitrogen and oxygen atoms in total. The quantitative estimate of drug-likeness (QED) is 0.678. The summed E-state index contributed by atoms with van der Waals surface area (Å²) in [5.41, 5.74) is 0. The Morgan fingerprint density at radius 1 is 1.57 bits per heavy atom. The van der Waals surface area contributed by atoms with Crippen LogP contribution in [0.4, 0.5) is 0 Å². The summed E-state index contributed by atoms with van der Waals surface area (Å²) in [6, 6.07) is 0. The van der Waals surface area contributed by atoms with Gasteiger partial charge in [0.15, 0.2) is 0 Å². The molecule has 0 saturated heterocycles. The summed E-state index contributed by atoms with van der Waals surface area (Å²) < 4.78 is 5.43. The topological polar surface area (TPSA) is 26.0 Å². The molecule has 1 rings (SSSR count). The van der Waals surface area contributed by atoms with E-state index in [0.29, 0.717) is 9.40 Å². The van der Waals surface area contributed by atoms with Crippen LogP contribution >= 0.6 is 31.9 Å². The molecule has 1 aromatic rings. The van der Waals surface area contributed by atoms with E-state index >= 15 is 0 Å². The molecular formula is C3HBr2NO. The maximum absolute atomic E-state index is 4.72. The Balaban J connectivity index is 3.04. The third-order valence-corrected chi connectivity index (χ3v) is 1.18. The van der Waals surface area contributed by atoms with Crippen LogP contribution in [-0.4, -0.2) is 4.98 Å². The van der Waals surface area contributed by atoms with Crippen molar-refractivity contribution in [1.82, 2.24) is 4.98 Å². The average Bonchev–Trinajstić information content (AvgIpc) is 1.87. The van der Waals surface area contributed by atoms with Crippen molar-refractivity contribution in [2.45, 2.75) is 0 Å². The lowest BCUT2D eigenvalue weighted by atomic mass is 11.0. The van der Waals surface area contributed by atoms with E-state index in [1.807, 2.05) is 0 Å². The summed E-state index contributed by atoms with van der Waals surface area (Å²) in [6.07, 6.45) is 1.50. The van der Waals surface area contributed by atoms with Gasteiger partial charge in [0.05, 0.1) is 0 Å². The highest BCUT2D eigenvalue weighted by Gasteiger charge is 1.91. The van der Waals surface area contributed by atoms with E-state index in [4.69, 9.17) is 4.42 Å². The molecule has 0 radical (unpaired) electrons. The van der Waals surface area contributed by atoms with Gasteiger partial charge in [-0.25, -0.2) is 0 Å². The van der Waals surface area contributed by atoms with Crippen LogP contribution in [-0.2, 0) is 0 Å². The molecule has 0 N–H and O–H groups in total. The molecule has 0 unspecified atom stereocenters. The molecule has 0 bridgehead atoms. The Morgan fingerprint density at radius 3 is 2.43 bits per heavy atom. The van der Waals surface area contributed by atoms with Crippen molar-refractivity contribution in [3.05, 3.63) is 15.7 Å². The number of rotatable bonds is 0. The van der Waals surface area contributed by atoms with Crippen molar-refractivity contribution in [3.63, 3.8) is 0 Å². The lowest BCUT2D eigenvalue weighted by molar-refractivity contribution is 0.528. The molecule has 0 spiro atoms. The molecule has 0 saturated carbocycles. The van der Waals surface area contributed by atoms with E-state index in [1.54, 1.807) is 0 Å². The number of oxazole rings is 1. The van der Waals surface area contributed by atoms with Gasteiger partial charge in [0, 0.05) is 15.9 Å². The number of hydrogen-bond donors (Lipinski definition) is 0. The third-order valence-electron chi connectivity index (χ3n) is 0.448. The summed E-state index contributed by atoms with van der Waals surface area (Å²) in [4.78, 5) is 4.28. The van der Waals surface area contributed by atoms with Crippen LogP contribution in [0.5, 0.6) is 0 Å². The Labute approximate surface area is 57.2 Å². The van der Waals surface area contributed by atoms with Crippen molar-refractivity contribution >= 4 is 31.9 Å². The van der Waals surface area contributed by atoms with Crippen molar-refractivity contribution in [2.75, 3.05) is 0 Å². The predicted octanol–water partition coefficient (Wildman–Crippen LogP) is 2.20. The molecule has 0 amide bonds. The molecule has 1 heterocycles. The Hall–Kier alpha value is 0.170. The number of hydrogen-bond acceptors (Lipinski definition) is 2. The summed E-state index contributed by atoms with van der Waals surface area (Å²) in [7, 11) is 0. The van der Waals surface area contributed by atoms with Crippen molar-refractivity contribution < 1.29 is 4.42 Å². The van der Waals surface area contributed by atoms with Crippen molar-refractivity contribution in [1.29, 1.82) is 0 Å². The highest BCUT2D eigenvalue weighted by atomic mass is 79.9. The fourth-order valence-corrected chi connectivity index (χ4v) is 1.01. The predicted molar refractivity (Wildman–Crippen MR) is 31.9 cm³/mol. The van der Waals surface area contributed by atoms with Gasteiger partial charge in [-0.2, -0.15) is 4.98 Å². The summed E-state index contributed by atoms with van der Waals surface area (Å²) in [6.45, 7) is 0. The number of halogens is 2. The van der Waals surface area contributed by atoms with Crippen LogP contribution in [0, 0.1) is 0 Å². The lowest BCUT2D eigenvalue weighted by Crippen LogP contribution is -1.56. The Kier molecular flexibility index (Phi) is 1.49. The minimum atomic E-state index is 0.499. The van der Waals surface area contributed by atoms with E-state index in [9.17, 15) is 0 Å². The summed E-state index contributed by atoms with van der Waals surface area (Å²) >= 11 is 6.12. The maximum atomic E-state index is 4.72. The fourth-order valence-electron chi connectivity index (χ4n) is 0.234. The van der Waals surface area contributed by atoms with E-state index < -0.39 is 0 Å². The first-order chi connectivity index (χ1) is 3.29. The van der Waals surface area contributed by atoms with Crippen LogP contribution in [0.15, 0.2) is 20.1 Å². The van der Waals surface area contributed by atoms with Gasteiger partial charge in [0.2, 0.25) is 0 Å². The van der Waals surface area contributed by atoms with Gasteiger partial charge in [-0.1, -0.05) is 0 Å². The van der Waals surface area contributed by atoms with Gasteiger partial charge in [0.25, 0.3) is 4.80 Å². The van der Waals surface area contributed by atoms with Crippen LogP contribution in [0.2, 0.25) is 0 Å². The van der Waals surface area contributed by atoms with Gasteiger partial charge in [-0.3, -0.25) is 0 Å². The molecular weight excluding hydrogens is 226 g/mol.